The van der Waals surface area contributed by atoms with Gasteiger partial charge in [-0.25, -0.2) is 0 Å². The Balaban J connectivity index is 1.93. The molecule has 2 fully saturated rings. The topological polar surface area (TPSA) is 15.3 Å². The molecular weight excluding hydrogens is 216 g/mol. The van der Waals surface area contributed by atoms with Gasteiger partial charge in [0.25, 0.3) is 0 Å². The molecule has 0 aromatic heterocycles. The normalized spacial score (nSPS) is 35.4. The van der Waals surface area contributed by atoms with Gasteiger partial charge in [0.15, 0.2) is 0 Å². The fourth-order valence-electron chi connectivity index (χ4n) is 2.98. The molecule has 2 saturated heterocycles. The van der Waals surface area contributed by atoms with Gasteiger partial charge in [0.05, 0.1) is 4.87 Å². The molecule has 1 N–H and O–H groups in total. The molecule has 0 amide bonds. The third-order valence-corrected chi connectivity index (χ3v) is 5.63. The molecule has 1 atom stereocenters. The molecule has 0 saturated carbocycles. The van der Waals surface area contributed by atoms with E-state index in [9.17, 15) is 0 Å². The van der Waals surface area contributed by atoms with Crippen molar-refractivity contribution in [3.05, 3.63) is 0 Å². The molecule has 2 aliphatic rings. The molecule has 16 heavy (non-hydrogen) atoms. The van der Waals surface area contributed by atoms with Gasteiger partial charge >= 0.3 is 0 Å². The molecule has 1 unspecified atom stereocenters. The number of rotatable bonds is 2. The predicted molar refractivity (Wildman–Crippen MR) is 73.0 cm³/mol. The van der Waals surface area contributed by atoms with E-state index in [-0.39, 0.29) is 0 Å². The van der Waals surface area contributed by atoms with E-state index >= 15 is 0 Å². The van der Waals surface area contributed by atoms with Crippen molar-refractivity contribution >= 4 is 11.8 Å². The van der Waals surface area contributed by atoms with Crippen LogP contribution in [0.3, 0.4) is 0 Å². The van der Waals surface area contributed by atoms with Crippen molar-refractivity contribution in [2.45, 2.75) is 56.9 Å². The van der Waals surface area contributed by atoms with Crippen LogP contribution >= 0.6 is 11.8 Å². The van der Waals surface area contributed by atoms with Crippen LogP contribution in [0.4, 0.5) is 0 Å². The highest BCUT2D eigenvalue weighted by atomic mass is 32.2. The van der Waals surface area contributed by atoms with Crippen molar-refractivity contribution in [1.82, 2.24) is 10.2 Å². The molecule has 2 nitrogen and oxygen atoms in total. The van der Waals surface area contributed by atoms with Gasteiger partial charge in [-0.3, -0.25) is 5.32 Å². The summed E-state index contributed by atoms with van der Waals surface area (Å²) in [5, 5.41) is 3.88. The quantitative estimate of drug-likeness (QED) is 0.801. The van der Waals surface area contributed by atoms with Gasteiger partial charge in [0, 0.05) is 17.8 Å². The third-order valence-electron chi connectivity index (χ3n) is 3.70. The monoisotopic (exact) mass is 242 g/mol. The maximum Gasteiger partial charge on any atom is 0.0662 e. The fraction of sp³-hybridized carbons (Fsp3) is 1.00. The molecule has 0 aliphatic carbocycles. The number of hydrogen-bond acceptors (Lipinski definition) is 3. The lowest BCUT2D eigenvalue weighted by molar-refractivity contribution is 0.275. The average Bonchev–Trinajstić information content (AvgIpc) is 2.40. The minimum absolute atomic E-state index is 0.338. The maximum atomic E-state index is 3.88. The number of likely N-dealkylation sites (tertiary alicyclic amines) is 1. The highest BCUT2D eigenvalue weighted by Crippen LogP contribution is 2.42. The highest BCUT2D eigenvalue weighted by molar-refractivity contribution is 8.00. The van der Waals surface area contributed by atoms with Crippen molar-refractivity contribution in [1.29, 1.82) is 0 Å². The van der Waals surface area contributed by atoms with E-state index in [2.05, 4.69) is 42.7 Å². The standard InChI is InChI=1S/C13H26N2S/c1-4-8-15-9-5-6-13(7-10-15)14-12(2,3)11-16-13/h14H,4-11H2,1-3H3. The molecule has 2 rings (SSSR count). The van der Waals surface area contributed by atoms with E-state index in [0.717, 1.165) is 0 Å². The van der Waals surface area contributed by atoms with Crippen molar-refractivity contribution in [2.24, 2.45) is 0 Å². The van der Waals surface area contributed by atoms with Gasteiger partial charge in [-0.1, -0.05) is 6.92 Å². The Bertz CT molecular complexity index is 242. The summed E-state index contributed by atoms with van der Waals surface area (Å²) in [5.74, 6) is 1.26. The summed E-state index contributed by atoms with van der Waals surface area (Å²) < 4.78 is 0. The summed E-state index contributed by atoms with van der Waals surface area (Å²) in [4.78, 5) is 3.04. The number of thioether (sulfide) groups is 1. The van der Waals surface area contributed by atoms with E-state index in [0.29, 0.717) is 10.4 Å². The summed E-state index contributed by atoms with van der Waals surface area (Å²) in [6.45, 7) is 10.8. The lowest BCUT2D eigenvalue weighted by atomic mass is 10.0. The van der Waals surface area contributed by atoms with E-state index in [4.69, 9.17) is 0 Å². The van der Waals surface area contributed by atoms with Crippen LogP contribution in [0.15, 0.2) is 0 Å². The van der Waals surface area contributed by atoms with Crippen molar-refractivity contribution < 1.29 is 0 Å². The Labute approximate surface area is 105 Å². The van der Waals surface area contributed by atoms with E-state index in [1.165, 1.54) is 51.1 Å². The Hall–Kier alpha value is 0.270. The van der Waals surface area contributed by atoms with Gasteiger partial charge in [0.2, 0.25) is 0 Å². The molecule has 1 spiro atoms. The highest BCUT2D eigenvalue weighted by Gasteiger charge is 2.43. The SMILES string of the molecule is CCCN1CCCC2(CC1)NC(C)(C)CS2. The van der Waals surface area contributed by atoms with Crippen LogP contribution in [0.5, 0.6) is 0 Å². The second-order valence-corrected chi connectivity index (χ2v) is 7.35. The summed E-state index contributed by atoms with van der Waals surface area (Å²) in [5.41, 5.74) is 0.338. The second-order valence-electron chi connectivity index (χ2n) is 5.99. The van der Waals surface area contributed by atoms with Gasteiger partial charge in [-0.15, -0.1) is 11.8 Å². The molecule has 0 radical (unpaired) electrons. The summed E-state index contributed by atoms with van der Waals surface area (Å²) in [7, 11) is 0. The van der Waals surface area contributed by atoms with Gasteiger partial charge in [-0.2, -0.15) is 0 Å². The van der Waals surface area contributed by atoms with Crippen LogP contribution in [-0.4, -0.2) is 40.7 Å². The van der Waals surface area contributed by atoms with Crippen molar-refractivity contribution in [3.63, 3.8) is 0 Å². The van der Waals surface area contributed by atoms with E-state index in [1.807, 2.05) is 0 Å². The van der Waals surface area contributed by atoms with Crippen molar-refractivity contribution in [2.75, 3.05) is 25.4 Å². The van der Waals surface area contributed by atoms with E-state index < -0.39 is 0 Å². The molecule has 0 bridgehead atoms. The number of hydrogen-bond donors (Lipinski definition) is 1. The summed E-state index contributed by atoms with van der Waals surface area (Å²) in [6, 6.07) is 0. The minimum atomic E-state index is 0.338. The Morgan fingerprint density at radius 1 is 1.25 bits per heavy atom. The molecule has 0 aromatic carbocycles. The van der Waals surface area contributed by atoms with Crippen LogP contribution in [0.2, 0.25) is 0 Å². The van der Waals surface area contributed by atoms with Crippen LogP contribution < -0.4 is 5.32 Å². The zero-order chi connectivity index (χ0) is 11.6. The fourth-order valence-corrected chi connectivity index (χ4v) is 4.56. The Morgan fingerprint density at radius 3 is 2.69 bits per heavy atom. The second kappa shape index (κ2) is 4.87. The van der Waals surface area contributed by atoms with Gasteiger partial charge in [0.1, 0.15) is 0 Å². The Morgan fingerprint density at radius 2 is 2.06 bits per heavy atom. The number of nitrogens with one attached hydrogen (secondary N) is 1. The first-order valence-electron chi connectivity index (χ1n) is 6.71. The first-order chi connectivity index (χ1) is 7.55. The maximum absolute atomic E-state index is 3.88. The van der Waals surface area contributed by atoms with E-state index in [1.54, 1.807) is 0 Å². The van der Waals surface area contributed by atoms with Crippen molar-refractivity contribution in [3.8, 4) is 0 Å². The van der Waals surface area contributed by atoms with Gasteiger partial charge in [-0.05, 0) is 52.6 Å². The zero-order valence-electron chi connectivity index (χ0n) is 11.0. The van der Waals surface area contributed by atoms with Crippen LogP contribution in [-0.2, 0) is 0 Å². The smallest absolute Gasteiger partial charge is 0.0662 e. The summed E-state index contributed by atoms with van der Waals surface area (Å²) >= 11 is 2.17. The molecule has 94 valence electrons. The van der Waals surface area contributed by atoms with Crippen LogP contribution in [0.1, 0.15) is 46.5 Å². The largest absolute Gasteiger partial charge is 0.303 e. The third kappa shape index (κ3) is 2.93. The predicted octanol–water partition coefficient (Wildman–Crippen LogP) is 2.69. The molecular formula is C13H26N2S. The molecule has 2 heterocycles. The van der Waals surface area contributed by atoms with Crippen LogP contribution in [0, 0.1) is 0 Å². The Kier molecular flexibility index (Phi) is 3.87. The number of nitrogens with zero attached hydrogens (tertiary/aromatic N) is 1. The zero-order valence-corrected chi connectivity index (χ0v) is 11.8. The summed E-state index contributed by atoms with van der Waals surface area (Å²) in [6.07, 6.45) is 5.32. The molecule has 2 aliphatic heterocycles. The minimum Gasteiger partial charge on any atom is -0.303 e. The lowest BCUT2D eigenvalue weighted by Crippen LogP contribution is -2.47. The lowest BCUT2D eigenvalue weighted by Gasteiger charge is -2.30. The molecule has 0 aromatic rings. The first-order valence-corrected chi connectivity index (χ1v) is 7.69. The average molecular weight is 242 g/mol. The first kappa shape index (κ1) is 12.7. The molecule has 3 heteroatoms. The van der Waals surface area contributed by atoms with Crippen LogP contribution in [0.25, 0.3) is 0 Å². The van der Waals surface area contributed by atoms with Gasteiger partial charge < -0.3 is 4.90 Å².